The number of carbonyl (C=O) groups excluding carboxylic acids is 1. The molecular weight excluding hydrogens is 548 g/mol. The average Bonchev–Trinajstić information content (AvgIpc) is 3.56. The highest BCUT2D eigenvalue weighted by Gasteiger charge is 2.35. The number of aromatic carboxylic acids is 1. The molecule has 1 aliphatic rings. The Bertz CT molecular complexity index is 1860. The third kappa shape index (κ3) is 5.19. The van der Waals surface area contributed by atoms with Gasteiger partial charge in [-0.15, -0.1) is 0 Å². The number of hydrogen-bond acceptors (Lipinski definition) is 9. The van der Waals surface area contributed by atoms with Crippen LogP contribution in [0.4, 0.5) is 0 Å². The summed E-state index contributed by atoms with van der Waals surface area (Å²) in [7, 11) is 3.04. The minimum Gasteiger partial charge on any atom is -0.497 e. The Hall–Kier alpha value is -4.90. The van der Waals surface area contributed by atoms with Crippen LogP contribution in [0, 0.1) is 0 Å². The number of hydrogen-bond donors (Lipinski definition) is 1. The van der Waals surface area contributed by atoms with Crippen molar-refractivity contribution in [3.8, 4) is 22.8 Å². The van der Waals surface area contributed by atoms with E-state index in [9.17, 15) is 14.4 Å². The predicted molar refractivity (Wildman–Crippen MR) is 151 cm³/mol. The standard InChI is InChI=1S/C30H26N2O8S/c1-5-39-29(36)25-16(2)31-30-32(26(25)21-14-19(37-3)10-13-23(21)38-4)27(33)24(41-30)15-20-11-12-22(40-20)17-6-8-18(9-7-17)28(34)35/h6-15,26H,5H2,1-4H3,(H,34,35)/b24-15-. The van der Waals surface area contributed by atoms with Gasteiger partial charge in [-0.2, -0.15) is 0 Å². The summed E-state index contributed by atoms with van der Waals surface area (Å²) < 4.78 is 24.2. The number of aromatic nitrogens is 1. The van der Waals surface area contributed by atoms with Gasteiger partial charge in [0.05, 0.1) is 42.2 Å². The fraction of sp³-hybridized carbons (Fsp3) is 0.200. The second kappa shape index (κ2) is 11.3. The molecule has 1 aliphatic heterocycles. The second-order valence-electron chi connectivity index (χ2n) is 8.99. The van der Waals surface area contributed by atoms with Gasteiger partial charge in [0.1, 0.15) is 29.1 Å². The molecule has 3 heterocycles. The first-order valence-corrected chi connectivity index (χ1v) is 13.4. The van der Waals surface area contributed by atoms with Crippen molar-refractivity contribution in [3.63, 3.8) is 0 Å². The van der Waals surface area contributed by atoms with Gasteiger partial charge in [-0.1, -0.05) is 23.5 Å². The summed E-state index contributed by atoms with van der Waals surface area (Å²) in [5.74, 6) is 0.331. The van der Waals surface area contributed by atoms with E-state index in [4.69, 9.17) is 23.7 Å². The van der Waals surface area contributed by atoms with Crippen LogP contribution in [0.15, 0.2) is 80.1 Å². The highest BCUT2D eigenvalue weighted by Crippen LogP contribution is 2.37. The van der Waals surface area contributed by atoms with Crippen LogP contribution in [-0.4, -0.2) is 42.4 Å². The number of thiazole rings is 1. The van der Waals surface area contributed by atoms with Gasteiger partial charge in [-0.25, -0.2) is 14.6 Å². The Balaban J connectivity index is 1.64. The molecule has 0 fully saturated rings. The van der Waals surface area contributed by atoms with Crippen LogP contribution >= 0.6 is 11.3 Å². The van der Waals surface area contributed by atoms with Gasteiger partial charge >= 0.3 is 11.9 Å². The molecule has 0 saturated heterocycles. The lowest BCUT2D eigenvalue weighted by atomic mass is 9.95. The fourth-order valence-electron chi connectivity index (χ4n) is 4.63. The number of methoxy groups -OCH3 is 2. The van der Waals surface area contributed by atoms with E-state index in [1.165, 1.54) is 30.9 Å². The first-order chi connectivity index (χ1) is 19.7. The summed E-state index contributed by atoms with van der Waals surface area (Å²) in [6.07, 6.45) is 1.61. The van der Waals surface area contributed by atoms with E-state index in [1.54, 1.807) is 62.4 Å². The molecule has 2 aromatic carbocycles. The Morgan fingerprint density at radius 1 is 1.10 bits per heavy atom. The molecule has 1 atom stereocenters. The number of rotatable bonds is 8. The maximum absolute atomic E-state index is 13.9. The second-order valence-corrected chi connectivity index (χ2v) is 10.0. The molecule has 1 unspecified atom stereocenters. The van der Waals surface area contributed by atoms with E-state index in [2.05, 4.69) is 4.99 Å². The van der Waals surface area contributed by atoms with E-state index >= 15 is 0 Å². The number of allylic oxidation sites excluding steroid dienone is 1. The smallest absolute Gasteiger partial charge is 0.338 e. The lowest BCUT2D eigenvalue weighted by Crippen LogP contribution is -2.40. The van der Waals surface area contributed by atoms with E-state index in [0.717, 1.165) is 11.3 Å². The lowest BCUT2D eigenvalue weighted by molar-refractivity contribution is -0.139. The van der Waals surface area contributed by atoms with Gasteiger partial charge in [0.25, 0.3) is 5.56 Å². The average molecular weight is 575 g/mol. The third-order valence-corrected chi connectivity index (χ3v) is 7.55. The zero-order valence-electron chi connectivity index (χ0n) is 22.7. The van der Waals surface area contributed by atoms with Crippen molar-refractivity contribution < 1.29 is 33.3 Å². The summed E-state index contributed by atoms with van der Waals surface area (Å²) >= 11 is 1.16. The van der Waals surface area contributed by atoms with Crippen molar-refractivity contribution in [3.05, 3.63) is 102 Å². The highest BCUT2D eigenvalue weighted by atomic mass is 32.1. The molecule has 5 rings (SSSR count). The summed E-state index contributed by atoms with van der Waals surface area (Å²) in [5.41, 5.74) is 1.68. The van der Waals surface area contributed by atoms with Crippen molar-refractivity contribution in [2.75, 3.05) is 20.8 Å². The largest absolute Gasteiger partial charge is 0.497 e. The maximum atomic E-state index is 13.9. The normalized spacial score (nSPS) is 14.8. The zero-order valence-corrected chi connectivity index (χ0v) is 23.5. The number of carboxylic acid groups (broad SMARTS) is 1. The van der Waals surface area contributed by atoms with Gasteiger partial charge < -0.3 is 23.7 Å². The Labute approximate surface area is 238 Å². The van der Waals surface area contributed by atoms with Crippen LogP contribution in [0.2, 0.25) is 0 Å². The Morgan fingerprint density at radius 2 is 1.85 bits per heavy atom. The van der Waals surface area contributed by atoms with E-state index in [0.29, 0.717) is 49.2 Å². The van der Waals surface area contributed by atoms with E-state index < -0.39 is 18.0 Å². The number of carbonyl (C=O) groups is 2. The summed E-state index contributed by atoms with van der Waals surface area (Å²) in [5, 5.41) is 9.14. The molecular formula is C30H26N2O8S. The summed E-state index contributed by atoms with van der Waals surface area (Å²) in [6.45, 7) is 3.57. The number of carboxylic acids is 1. The van der Waals surface area contributed by atoms with Crippen molar-refractivity contribution >= 4 is 29.4 Å². The van der Waals surface area contributed by atoms with Crippen LogP contribution in [0.3, 0.4) is 0 Å². The van der Waals surface area contributed by atoms with Crippen LogP contribution < -0.4 is 24.4 Å². The molecule has 11 heteroatoms. The fourth-order valence-corrected chi connectivity index (χ4v) is 5.66. The monoisotopic (exact) mass is 574 g/mol. The first kappa shape index (κ1) is 27.7. The van der Waals surface area contributed by atoms with Gasteiger partial charge in [-0.3, -0.25) is 9.36 Å². The van der Waals surface area contributed by atoms with Crippen molar-refractivity contribution in [2.45, 2.75) is 19.9 Å². The first-order valence-electron chi connectivity index (χ1n) is 12.6. The molecule has 0 amide bonds. The van der Waals surface area contributed by atoms with Crippen LogP contribution in [-0.2, 0) is 9.53 Å². The molecule has 0 aliphatic carbocycles. The van der Waals surface area contributed by atoms with Crippen LogP contribution in [0.5, 0.6) is 11.5 Å². The minimum atomic E-state index is -1.02. The van der Waals surface area contributed by atoms with Crippen molar-refractivity contribution in [2.24, 2.45) is 4.99 Å². The van der Waals surface area contributed by atoms with Crippen LogP contribution in [0.1, 0.15) is 41.6 Å². The van der Waals surface area contributed by atoms with Crippen molar-refractivity contribution in [1.82, 2.24) is 4.57 Å². The predicted octanol–water partition coefficient (Wildman–Crippen LogP) is 3.77. The minimum absolute atomic E-state index is 0.155. The molecule has 41 heavy (non-hydrogen) atoms. The van der Waals surface area contributed by atoms with Gasteiger partial charge in [-0.05, 0) is 56.3 Å². The SMILES string of the molecule is CCOC(=O)C1=C(C)N=c2s/c(=C\c3ccc(-c4ccc(C(=O)O)cc4)o3)c(=O)n2C1c1cc(OC)ccc1OC. The van der Waals surface area contributed by atoms with Crippen LogP contribution in [0.25, 0.3) is 17.4 Å². The molecule has 0 bridgehead atoms. The number of esters is 1. The summed E-state index contributed by atoms with van der Waals surface area (Å²) in [4.78, 5) is 43.2. The molecule has 0 saturated carbocycles. The maximum Gasteiger partial charge on any atom is 0.338 e. The summed E-state index contributed by atoms with van der Waals surface area (Å²) in [6, 6.07) is 14.1. The number of ether oxygens (including phenoxy) is 3. The molecule has 0 spiro atoms. The van der Waals surface area contributed by atoms with Gasteiger partial charge in [0.2, 0.25) is 0 Å². The quantitative estimate of drug-likeness (QED) is 0.315. The molecule has 10 nitrogen and oxygen atoms in total. The molecule has 210 valence electrons. The van der Waals surface area contributed by atoms with E-state index in [-0.39, 0.29) is 23.3 Å². The van der Waals surface area contributed by atoms with Crippen molar-refractivity contribution in [1.29, 1.82) is 0 Å². The number of furan rings is 1. The van der Waals surface area contributed by atoms with E-state index in [1.807, 2.05) is 0 Å². The number of fused-ring (bicyclic) bond motifs is 1. The van der Waals surface area contributed by atoms with Gasteiger partial charge in [0.15, 0.2) is 4.80 Å². The molecule has 1 N–H and O–H groups in total. The molecule has 0 radical (unpaired) electrons. The topological polar surface area (TPSA) is 130 Å². The molecule has 2 aromatic heterocycles. The highest BCUT2D eigenvalue weighted by molar-refractivity contribution is 7.07. The third-order valence-electron chi connectivity index (χ3n) is 6.56. The number of nitrogens with zero attached hydrogens (tertiary/aromatic N) is 2. The number of benzene rings is 2. The Kier molecular flexibility index (Phi) is 7.62. The lowest BCUT2D eigenvalue weighted by Gasteiger charge is -2.26. The van der Waals surface area contributed by atoms with Gasteiger partial charge in [0, 0.05) is 17.2 Å². The zero-order chi connectivity index (χ0) is 29.3. The molecule has 4 aromatic rings. The Morgan fingerprint density at radius 3 is 2.51 bits per heavy atom.